The number of hydrogen-bond acceptors (Lipinski definition) is 5. The van der Waals surface area contributed by atoms with Crippen LogP contribution >= 0.6 is 0 Å². The van der Waals surface area contributed by atoms with Crippen molar-refractivity contribution in [1.82, 2.24) is 25.1 Å². The summed E-state index contributed by atoms with van der Waals surface area (Å²) < 4.78 is 0. The average molecular weight is 377 g/mol. The molecule has 4 rings (SSSR count). The van der Waals surface area contributed by atoms with Crippen molar-refractivity contribution in [3.8, 4) is 11.4 Å². The van der Waals surface area contributed by atoms with E-state index in [1.54, 1.807) is 0 Å². The number of hydrogen-bond donors (Lipinski definition) is 1. The minimum Gasteiger partial charge on any atom is -0.480 e. The third-order valence-electron chi connectivity index (χ3n) is 4.89. The van der Waals surface area contributed by atoms with Crippen molar-refractivity contribution in [3.05, 3.63) is 65.2 Å². The first-order chi connectivity index (χ1) is 13.5. The molecule has 1 aromatic heterocycles. The van der Waals surface area contributed by atoms with Crippen LogP contribution in [0.25, 0.3) is 11.4 Å². The summed E-state index contributed by atoms with van der Waals surface area (Å²) >= 11 is 0. The summed E-state index contributed by atoms with van der Waals surface area (Å²) in [5.41, 5.74) is 3.84. The number of carbonyl (C=O) groups excluding carboxylic acids is 1. The number of aliphatic carboxylic acids is 1. The van der Waals surface area contributed by atoms with Gasteiger partial charge in [0.2, 0.25) is 11.7 Å². The molecule has 1 aliphatic heterocycles. The molecule has 0 saturated heterocycles. The number of aryl methyl sites for hydroxylation is 1. The number of tetrazole rings is 1. The number of amides is 1. The lowest BCUT2D eigenvalue weighted by Crippen LogP contribution is -2.49. The molecule has 0 aliphatic carbocycles. The van der Waals surface area contributed by atoms with Gasteiger partial charge in [-0.05, 0) is 23.3 Å². The van der Waals surface area contributed by atoms with E-state index in [9.17, 15) is 14.7 Å². The minimum atomic E-state index is -1.02. The fraction of sp³-hybridized carbons (Fsp3) is 0.250. The molecule has 0 fully saturated rings. The van der Waals surface area contributed by atoms with Gasteiger partial charge in [-0.15, -0.1) is 10.2 Å². The average Bonchev–Trinajstić information content (AvgIpc) is 3.15. The van der Waals surface area contributed by atoms with E-state index < -0.39 is 12.0 Å². The molecule has 1 amide bonds. The molecule has 2 aromatic carbocycles. The first-order valence-electron chi connectivity index (χ1n) is 8.95. The SMILES string of the molecule is Cc1ccc(-c2nnn(CC(=O)N3Cc4ccccc4CC3C(=O)O)n2)cc1. The highest BCUT2D eigenvalue weighted by Crippen LogP contribution is 2.24. The second-order valence-electron chi connectivity index (χ2n) is 6.86. The van der Waals surface area contributed by atoms with E-state index in [4.69, 9.17) is 0 Å². The molecule has 8 nitrogen and oxygen atoms in total. The Morgan fingerprint density at radius 1 is 1.11 bits per heavy atom. The van der Waals surface area contributed by atoms with Crippen LogP contribution in [0, 0.1) is 6.92 Å². The lowest BCUT2D eigenvalue weighted by atomic mass is 9.94. The fourth-order valence-electron chi connectivity index (χ4n) is 3.35. The number of aromatic nitrogens is 4. The van der Waals surface area contributed by atoms with Crippen molar-refractivity contribution in [3.63, 3.8) is 0 Å². The Balaban J connectivity index is 1.53. The van der Waals surface area contributed by atoms with Crippen molar-refractivity contribution in [2.75, 3.05) is 0 Å². The second-order valence-corrected chi connectivity index (χ2v) is 6.86. The van der Waals surface area contributed by atoms with Crippen molar-refractivity contribution in [1.29, 1.82) is 0 Å². The van der Waals surface area contributed by atoms with Crippen LogP contribution in [0.3, 0.4) is 0 Å². The van der Waals surface area contributed by atoms with Gasteiger partial charge >= 0.3 is 5.97 Å². The van der Waals surface area contributed by atoms with Crippen molar-refractivity contribution in [2.45, 2.75) is 32.5 Å². The van der Waals surface area contributed by atoms with Gasteiger partial charge in [-0.3, -0.25) is 4.79 Å². The number of carboxylic acid groups (broad SMARTS) is 1. The zero-order chi connectivity index (χ0) is 19.7. The highest BCUT2D eigenvalue weighted by molar-refractivity contribution is 5.84. The van der Waals surface area contributed by atoms with E-state index in [1.807, 2.05) is 55.5 Å². The molecule has 28 heavy (non-hydrogen) atoms. The number of rotatable bonds is 4. The zero-order valence-corrected chi connectivity index (χ0v) is 15.3. The molecule has 1 unspecified atom stereocenters. The largest absolute Gasteiger partial charge is 0.480 e. The van der Waals surface area contributed by atoms with Gasteiger partial charge in [0.1, 0.15) is 12.6 Å². The lowest BCUT2D eigenvalue weighted by molar-refractivity contribution is -0.151. The van der Waals surface area contributed by atoms with Crippen LogP contribution in [0.4, 0.5) is 0 Å². The summed E-state index contributed by atoms with van der Waals surface area (Å²) in [6.07, 6.45) is 0.288. The first kappa shape index (κ1) is 17.8. The van der Waals surface area contributed by atoms with Gasteiger partial charge in [-0.1, -0.05) is 54.1 Å². The van der Waals surface area contributed by atoms with Crippen molar-refractivity contribution < 1.29 is 14.7 Å². The molecular formula is C20H19N5O3. The van der Waals surface area contributed by atoms with Crippen LogP contribution in [0.15, 0.2) is 48.5 Å². The second kappa shape index (κ2) is 7.22. The van der Waals surface area contributed by atoms with Crippen molar-refractivity contribution >= 4 is 11.9 Å². The van der Waals surface area contributed by atoms with Crippen LogP contribution in [-0.4, -0.2) is 48.1 Å². The van der Waals surface area contributed by atoms with Gasteiger partial charge in [-0.2, -0.15) is 4.80 Å². The van der Waals surface area contributed by atoms with Crippen LogP contribution in [0.5, 0.6) is 0 Å². The quantitative estimate of drug-likeness (QED) is 0.742. The third-order valence-corrected chi connectivity index (χ3v) is 4.89. The highest BCUT2D eigenvalue weighted by Gasteiger charge is 2.34. The lowest BCUT2D eigenvalue weighted by Gasteiger charge is -2.34. The molecule has 2 heterocycles. The third kappa shape index (κ3) is 3.48. The minimum absolute atomic E-state index is 0.162. The Morgan fingerprint density at radius 2 is 1.82 bits per heavy atom. The standard InChI is InChI=1S/C20H19N5O3/c1-13-6-8-14(9-7-13)19-21-23-25(22-19)12-18(26)24-11-16-5-3-2-4-15(16)10-17(24)20(27)28/h2-9,17H,10-12H2,1H3,(H,27,28). The smallest absolute Gasteiger partial charge is 0.326 e. The molecule has 142 valence electrons. The molecule has 0 spiro atoms. The van der Waals surface area contributed by atoms with Crippen LogP contribution < -0.4 is 0 Å². The molecule has 8 heteroatoms. The van der Waals surface area contributed by atoms with E-state index >= 15 is 0 Å². The number of carbonyl (C=O) groups is 2. The fourth-order valence-corrected chi connectivity index (χ4v) is 3.35. The van der Waals surface area contributed by atoms with E-state index in [0.717, 1.165) is 22.3 Å². The van der Waals surface area contributed by atoms with Gasteiger partial charge in [0.15, 0.2) is 0 Å². The Morgan fingerprint density at radius 3 is 2.54 bits per heavy atom. The summed E-state index contributed by atoms with van der Waals surface area (Å²) in [6, 6.07) is 14.4. The van der Waals surface area contributed by atoms with Gasteiger partial charge in [0, 0.05) is 18.5 Å². The van der Waals surface area contributed by atoms with Crippen LogP contribution in [0.1, 0.15) is 16.7 Å². The van der Waals surface area contributed by atoms with Gasteiger partial charge in [0.25, 0.3) is 0 Å². The number of fused-ring (bicyclic) bond motifs is 1. The Kier molecular flexibility index (Phi) is 4.60. The summed E-state index contributed by atoms with van der Waals surface area (Å²) in [5, 5.41) is 21.8. The predicted octanol–water partition coefficient (Wildman–Crippen LogP) is 1.69. The molecule has 3 aromatic rings. The van der Waals surface area contributed by atoms with Crippen LogP contribution in [0.2, 0.25) is 0 Å². The molecule has 1 N–H and O–H groups in total. The summed E-state index contributed by atoms with van der Waals surface area (Å²) in [4.78, 5) is 27.1. The van der Waals surface area contributed by atoms with E-state index in [-0.39, 0.29) is 25.4 Å². The molecule has 0 saturated carbocycles. The first-order valence-corrected chi connectivity index (χ1v) is 8.95. The van der Waals surface area contributed by atoms with E-state index in [0.29, 0.717) is 5.82 Å². The number of carboxylic acids is 1. The number of benzene rings is 2. The van der Waals surface area contributed by atoms with E-state index in [1.165, 1.54) is 9.70 Å². The number of nitrogens with zero attached hydrogens (tertiary/aromatic N) is 5. The molecule has 0 radical (unpaired) electrons. The van der Waals surface area contributed by atoms with Crippen LogP contribution in [-0.2, 0) is 29.1 Å². The maximum absolute atomic E-state index is 12.8. The highest BCUT2D eigenvalue weighted by atomic mass is 16.4. The normalized spacial score (nSPS) is 15.9. The summed E-state index contributed by atoms with van der Waals surface area (Å²) in [5.74, 6) is -0.948. The summed E-state index contributed by atoms with van der Waals surface area (Å²) in [6.45, 7) is 2.08. The topological polar surface area (TPSA) is 101 Å². The van der Waals surface area contributed by atoms with Gasteiger partial charge in [0.05, 0.1) is 0 Å². The van der Waals surface area contributed by atoms with Crippen molar-refractivity contribution in [2.24, 2.45) is 0 Å². The maximum Gasteiger partial charge on any atom is 0.326 e. The summed E-state index contributed by atoms with van der Waals surface area (Å²) in [7, 11) is 0. The molecular weight excluding hydrogens is 358 g/mol. The van der Waals surface area contributed by atoms with Gasteiger partial charge < -0.3 is 10.0 Å². The Bertz CT molecular complexity index is 1030. The zero-order valence-electron chi connectivity index (χ0n) is 15.3. The van der Waals surface area contributed by atoms with E-state index in [2.05, 4.69) is 15.4 Å². The maximum atomic E-state index is 12.8. The molecule has 1 atom stereocenters. The molecule has 0 bridgehead atoms. The predicted molar refractivity (Wildman–Crippen MR) is 100 cm³/mol. The Labute approximate surface area is 161 Å². The van der Waals surface area contributed by atoms with Gasteiger partial charge in [-0.25, -0.2) is 4.79 Å². The molecule has 1 aliphatic rings. The monoisotopic (exact) mass is 377 g/mol. The Hall–Kier alpha value is -3.55.